The Morgan fingerprint density at radius 3 is 2.03 bits per heavy atom. The van der Waals surface area contributed by atoms with Gasteiger partial charge in [-0.1, -0.05) is 26.2 Å². The highest BCUT2D eigenvalue weighted by Crippen LogP contribution is 2.21. The number of amides is 2. The van der Waals surface area contributed by atoms with Crippen molar-refractivity contribution < 1.29 is 18.0 Å². The van der Waals surface area contributed by atoms with Gasteiger partial charge in [-0.3, -0.25) is 9.59 Å². The molecule has 2 aromatic rings. The van der Waals surface area contributed by atoms with E-state index in [-0.39, 0.29) is 22.8 Å². The lowest BCUT2D eigenvalue weighted by Gasteiger charge is -2.22. The maximum absolute atomic E-state index is 12.6. The van der Waals surface area contributed by atoms with Crippen LogP contribution in [0.2, 0.25) is 0 Å². The van der Waals surface area contributed by atoms with Crippen molar-refractivity contribution in [1.82, 2.24) is 4.72 Å². The molecule has 0 heterocycles. The maximum Gasteiger partial charge on any atom is 0.255 e. The summed E-state index contributed by atoms with van der Waals surface area (Å²) in [5, 5.41) is 5.47. The summed E-state index contributed by atoms with van der Waals surface area (Å²) >= 11 is 0. The van der Waals surface area contributed by atoms with Crippen molar-refractivity contribution in [3.05, 3.63) is 54.1 Å². The quantitative estimate of drug-likeness (QED) is 0.621. The fourth-order valence-corrected chi connectivity index (χ4v) is 4.69. The van der Waals surface area contributed by atoms with Gasteiger partial charge in [0.15, 0.2) is 0 Å². The zero-order chi connectivity index (χ0) is 21.6. The summed E-state index contributed by atoms with van der Waals surface area (Å²) in [5.74, 6) is -0.417. The number of carbonyl (C=O) groups is 2. The molecule has 1 saturated carbocycles. The Hall–Kier alpha value is -2.71. The van der Waals surface area contributed by atoms with Crippen molar-refractivity contribution in [1.29, 1.82) is 0 Å². The van der Waals surface area contributed by atoms with E-state index >= 15 is 0 Å². The van der Waals surface area contributed by atoms with Gasteiger partial charge in [0.25, 0.3) is 5.91 Å². The summed E-state index contributed by atoms with van der Waals surface area (Å²) in [6.07, 6.45) is 5.36. The SMILES string of the molecule is CCC(=O)Nc1ccc(C(=O)Nc2ccc(S(=O)(=O)NC3CCCCC3)cc2)cc1. The Morgan fingerprint density at radius 2 is 1.43 bits per heavy atom. The number of carbonyl (C=O) groups excluding carboxylic acids is 2. The Kier molecular flexibility index (Phi) is 7.23. The van der Waals surface area contributed by atoms with Crippen molar-refractivity contribution in [2.75, 3.05) is 10.6 Å². The van der Waals surface area contributed by atoms with E-state index in [1.54, 1.807) is 43.3 Å². The Balaban J connectivity index is 1.60. The van der Waals surface area contributed by atoms with Crippen molar-refractivity contribution in [3.8, 4) is 0 Å². The molecule has 1 fully saturated rings. The minimum absolute atomic E-state index is 0.00629. The molecule has 2 amide bonds. The normalized spacial score (nSPS) is 14.8. The molecule has 0 saturated heterocycles. The zero-order valence-corrected chi connectivity index (χ0v) is 17.8. The highest BCUT2D eigenvalue weighted by molar-refractivity contribution is 7.89. The van der Waals surface area contributed by atoms with Crippen LogP contribution < -0.4 is 15.4 Å². The highest BCUT2D eigenvalue weighted by atomic mass is 32.2. The molecule has 0 atom stereocenters. The maximum atomic E-state index is 12.6. The van der Waals surface area contributed by atoms with Crippen LogP contribution in [0.1, 0.15) is 55.8 Å². The van der Waals surface area contributed by atoms with E-state index in [4.69, 9.17) is 0 Å². The third kappa shape index (κ3) is 5.90. The molecule has 3 rings (SSSR count). The van der Waals surface area contributed by atoms with E-state index in [1.807, 2.05) is 0 Å². The van der Waals surface area contributed by atoms with E-state index in [2.05, 4.69) is 15.4 Å². The second-order valence-corrected chi connectivity index (χ2v) is 9.13. The fraction of sp³-hybridized carbons (Fsp3) is 0.364. The van der Waals surface area contributed by atoms with Gasteiger partial charge in [0.1, 0.15) is 0 Å². The Morgan fingerprint density at radius 1 is 0.867 bits per heavy atom. The molecule has 0 unspecified atom stereocenters. The van der Waals surface area contributed by atoms with Crippen LogP contribution in [0.5, 0.6) is 0 Å². The largest absolute Gasteiger partial charge is 0.326 e. The molecule has 3 N–H and O–H groups in total. The van der Waals surface area contributed by atoms with Gasteiger partial charge in [-0.25, -0.2) is 13.1 Å². The first-order chi connectivity index (χ1) is 14.4. The average Bonchev–Trinajstić information content (AvgIpc) is 2.75. The van der Waals surface area contributed by atoms with Gasteiger partial charge < -0.3 is 10.6 Å². The van der Waals surface area contributed by atoms with Crippen LogP contribution in [-0.4, -0.2) is 26.3 Å². The minimum atomic E-state index is -3.57. The first kappa shape index (κ1) is 22.0. The molecule has 160 valence electrons. The van der Waals surface area contributed by atoms with Gasteiger partial charge in [0, 0.05) is 29.4 Å². The second-order valence-electron chi connectivity index (χ2n) is 7.41. The lowest BCUT2D eigenvalue weighted by atomic mass is 9.96. The number of anilines is 2. The molecule has 1 aliphatic carbocycles. The molecular formula is C22H27N3O4S. The molecule has 2 aromatic carbocycles. The summed E-state index contributed by atoms with van der Waals surface area (Å²) in [4.78, 5) is 24.0. The lowest BCUT2D eigenvalue weighted by Crippen LogP contribution is -2.36. The van der Waals surface area contributed by atoms with Crippen molar-refractivity contribution in [3.63, 3.8) is 0 Å². The summed E-state index contributed by atoms with van der Waals surface area (Å²) in [6, 6.07) is 12.7. The van der Waals surface area contributed by atoms with Crippen molar-refractivity contribution >= 4 is 33.2 Å². The standard InChI is InChI=1S/C22H27N3O4S/c1-2-21(26)23-17-10-8-16(9-11-17)22(27)24-18-12-14-20(15-13-18)30(28,29)25-19-6-4-3-5-7-19/h8-15,19,25H,2-7H2,1H3,(H,23,26)(H,24,27). The summed E-state index contributed by atoms with van der Waals surface area (Å²) in [6.45, 7) is 1.76. The van der Waals surface area contributed by atoms with Crippen LogP contribution in [0.3, 0.4) is 0 Å². The molecule has 0 radical (unpaired) electrons. The van der Waals surface area contributed by atoms with Crippen molar-refractivity contribution in [2.45, 2.75) is 56.4 Å². The van der Waals surface area contributed by atoms with Gasteiger partial charge in [-0.15, -0.1) is 0 Å². The van der Waals surface area contributed by atoms with Gasteiger partial charge in [0.05, 0.1) is 4.90 Å². The predicted octanol–water partition coefficient (Wildman–Crippen LogP) is 3.90. The van der Waals surface area contributed by atoms with Crippen LogP contribution in [-0.2, 0) is 14.8 Å². The van der Waals surface area contributed by atoms with Gasteiger partial charge in [0.2, 0.25) is 15.9 Å². The predicted molar refractivity (Wildman–Crippen MR) is 117 cm³/mol. The van der Waals surface area contributed by atoms with Crippen LogP contribution in [0, 0.1) is 0 Å². The van der Waals surface area contributed by atoms with Crippen LogP contribution in [0.4, 0.5) is 11.4 Å². The van der Waals surface area contributed by atoms with E-state index in [1.165, 1.54) is 12.1 Å². The molecule has 7 nitrogen and oxygen atoms in total. The first-order valence-electron chi connectivity index (χ1n) is 10.2. The topological polar surface area (TPSA) is 104 Å². The monoisotopic (exact) mass is 429 g/mol. The van der Waals surface area contributed by atoms with E-state index in [0.29, 0.717) is 23.4 Å². The van der Waals surface area contributed by atoms with Crippen molar-refractivity contribution in [2.24, 2.45) is 0 Å². The van der Waals surface area contributed by atoms with E-state index in [9.17, 15) is 18.0 Å². The highest BCUT2D eigenvalue weighted by Gasteiger charge is 2.21. The summed E-state index contributed by atoms with van der Waals surface area (Å²) < 4.78 is 27.9. The van der Waals surface area contributed by atoms with E-state index in [0.717, 1.165) is 32.1 Å². The molecule has 0 aliphatic heterocycles. The number of nitrogens with one attached hydrogen (secondary N) is 3. The van der Waals surface area contributed by atoms with Gasteiger partial charge in [-0.2, -0.15) is 0 Å². The first-order valence-corrected chi connectivity index (χ1v) is 11.7. The zero-order valence-electron chi connectivity index (χ0n) is 17.0. The summed E-state index contributed by atoms with van der Waals surface area (Å²) in [5.41, 5.74) is 1.55. The minimum Gasteiger partial charge on any atom is -0.326 e. The lowest BCUT2D eigenvalue weighted by molar-refractivity contribution is -0.115. The average molecular weight is 430 g/mol. The second kappa shape index (κ2) is 9.86. The number of hydrogen-bond acceptors (Lipinski definition) is 4. The fourth-order valence-electron chi connectivity index (χ4n) is 3.38. The third-order valence-corrected chi connectivity index (χ3v) is 6.64. The van der Waals surface area contributed by atoms with E-state index < -0.39 is 10.0 Å². The molecule has 1 aliphatic rings. The molecule has 8 heteroatoms. The van der Waals surface area contributed by atoms with Crippen LogP contribution >= 0.6 is 0 Å². The molecule has 0 spiro atoms. The molecule has 0 bridgehead atoms. The van der Waals surface area contributed by atoms with Crippen LogP contribution in [0.15, 0.2) is 53.4 Å². The van der Waals surface area contributed by atoms with Gasteiger partial charge >= 0.3 is 0 Å². The molecular weight excluding hydrogens is 402 g/mol. The summed E-state index contributed by atoms with van der Waals surface area (Å²) in [7, 11) is -3.57. The van der Waals surface area contributed by atoms with Gasteiger partial charge in [-0.05, 0) is 61.4 Å². The number of sulfonamides is 1. The molecule has 30 heavy (non-hydrogen) atoms. The Bertz CT molecular complexity index is 980. The number of hydrogen-bond donors (Lipinski definition) is 3. The molecule has 0 aromatic heterocycles. The number of benzene rings is 2. The Labute approximate surface area is 177 Å². The third-order valence-electron chi connectivity index (χ3n) is 5.10. The smallest absolute Gasteiger partial charge is 0.255 e. The number of rotatable bonds is 7. The van der Waals surface area contributed by atoms with Crippen LogP contribution in [0.25, 0.3) is 0 Å².